The molecule has 0 atom stereocenters. The topological polar surface area (TPSA) is 91.1 Å². The summed E-state index contributed by atoms with van der Waals surface area (Å²) in [5.41, 5.74) is 0.800. The maximum atomic E-state index is 10.4. The number of rotatable bonds is 2. The van der Waals surface area contributed by atoms with Gasteiger partial charge in [0.1, 0.15) is 0 Å². The van der Waals surface area contributed by atoms with E-state index in [1.165, 1.54) is 12.1 Å². The monoisotopic (exact) mass is 219 g/mol. The molecule has 0 unspecified atom stereocenters. The van der Waals surface area contributed by atoms with Crippen LogP contribution >= 0.6 is 11.6 Å². The SMILES string of the molecule is N#Cc1ccc(Cl)cc1CC(=O)O.[Li+].[OH-]. The van der Waals surface area contributed by atoms with Crippen LogP contribution in [0.3, 0.4) is 0 Å². The van der Waals surface area contributed by atoms with Gasteiger partial charge in [-0.05, 0) is 23.8 Å². The summed E-state index contributed by atoms with van der Waals surface area (Å²) < 4.78 is 0. The largest absolute Gasteiger partial charge is 1.00 e. The van der Waals surface area contributed by atoms with E-state index in [0.717, 1.165) is 0 Å². The summed E-state index contributed by atoms with van der Waals surface area (Å²) in [6, 6.07) is 6.48. The fourth-order valence-electron chi connectivity index (χ4n) is 0.981. The van der Waals surface area contributed by atoms with E-state index in [4.69, 9.17) is 22.0 Å². The first-order valence-corrected chi connectivity index (χ1v) is 3.91. The minimum absolute atomic E-state index is 0. The van der Waals surface area contributed by atoms with Gasteiger partial charge in [0.15, 0.2) is 0 Å². The fourth-order valence-corrected chi connectivity index (χ4v) is 1.18. The Labute approximate surface area is 104 Å². The van der Waals surface area contributed by atoms with Gasteiger partial charge < -0.3 is 10.6 Å². The van der Waals surface area contributed by atoms with Crippen LogP contribution in [0.5, 0.6) is 0 Å². The molecule has 2 N–H and O–H groups in total. The number of hydrogen-bond donors (Lipinski definition) is 1. The number of carboxylic acids is 1. The second kappa shape index (κ2) is 7.34. The Morgan fingerprint density at radius 1 is 1.53 bits per heavy atom. The molecule has 0 heterocycles. The third-order valence-corrected chi connectivity index (χ3v) is 1.76. The Kier molecular flexibility index (Phi) is 8.05. The summed E-state index contributed by atoms with van der Waals surface area (Å²) in [5.74, 6) is -0.973. The predicted molar refractivity (Wildman–Crippen MR) is 49.4 cm³/mol. The number of aliphatic carboxylic acids is 1. The number of nitriles is 1. The molecule has 0 amide bonds. The minimum atomic E-state index is -0.973. The van der Waals surface area contributed by atoms with Gasteiger partial charge in [-0.2, -0.15) is 5.26 Å². The normalized spacial score (nSPS) is 8.00. The van der Waals surface area contributed by atoms with Crippen molar-refractivity contribution < 1.29 is 34.2 Å². The molecule has 1 aromatic rings. The standard InChI is InChI=1S/C9H6ClNO2.Li.H2O/c10-8-2-1-6(5-11)7(3-8)4-9(12)13;;/h1-3H,4H2,(H,12,13);;1H2/q;+1;/p-1. The van der Waals surface area contributed by atoms with Gasteiger partial charge in [-0.15, -0.1) is 0 Å². The summed E-state index contributed by atoms with van der Waals surface area (Å²) in [5, 5.41) is 17.6. The smallest absolute Gasteiger partial charge is 0.870 e. The molecule has 0 saturated heterocycles. The van der Waals surface area contributed by atoms with E-state index < -0.39 is 5.97 Å². The Balaban J connectivity index is 0. The maximum absolute atomic E-state index is 10.4. The van der Waals surface area contributed by atoms with Crippen LogP contribution in [0.25, 0.3) is 0 Å². The van der Waals surface area contributed by atoms with Gasteiger partial charge in [-0.25, -0.2) is 0 Å². The molecule has 0 aliphatic heterocycles. The molecule has 1 rings (SSSR count). The Morgan fingerprint density at radius 3 is 2.60 bits per heavy atom. The third kappa shape index (κ3) is 4.87. The van der Waals surface area contributed by atoms with Crippen LogP contribution in [-0.4, -0.2) is 16.6 Å². The van der Waals surface area contributed by atoms with Gasteiger partial charge >= 0.3 is 24.8 Å². The average Bonchev–Trinajstić information content (AvgIpc) is 2.03. The summed E-state index contributed by atoms with van der Waals surface area (Å²) in [6.07, 6.45) is -0.177. The van der Waals surface area contributed by atoms with Crippen LogP contribution in [0.4, 0.5) is 0 Å². The van der Waals surface area contributed by atoms with Crippen LogP contribution in [0.2, 0.25) is 5.02 Å². The molecule has 4 nitrogen and oxygen atoms in total. The van der Waals surface area contributed by atoms with E-state index in [-0.39, 0.29) is 30.8 Å². The molecule has 15 heavy (non-hydrogen) atoms. The maximum Gasteiger partial charge on any atom is 1.00 e. The van der Waals surface area contributed by atoms with Crippen LogP contribution in [-0.2, 0) is 11.2 Å². The van der Waals surface area contributed by atoms with Crippen molar-refractivity contribution in [1.82, 2.24) is 0 Å². The van der Waals surface area contributed by atoms with Crippen molar-refractivity contribution in [2.75, 3.05) is 0 Å². The fraction of sp³-hybridized carbons (Fsp3) is 0.111. The molecule has 0 aromatic heterocycles. The Morgan fingerprint density at radius 2 is 2.13 bits per heavy atom. The molecular weight excluding hydrogens is 212 g/mol. The number of carboxylic acid groups (broad SMARTS) is 1. The molecule has 0 spiro atoms. The summed E-state index contributed by atoms with van der Waals surface area (Å²) in [6.45, 7) is 0. The van der Waals surface area contributed by atoms with Gasteiger partial charge in [0.2, 0.25) is 0 Å². The molecule has 0 aliphatic rings. The van der Waals surface area contributed by atoms with Crippen molar-refractivity contribution in [2.45, 2.75) is 6.42 Å². The van der Waals surface area contributed by atoms with Crippen molar-refractivity contribution in [3.8, 4) is 6.07 Å². The quantitative estimate of drug-likeness (QED) is 0.624. The van der Waals surface area contributed by atoms with E-state index >= 15 is 0 Å². The molecule has 6 heteroatoms. The molecule has 74 valence electrons. The second-order valence-electron chi connectivity index (χ2n) is 2.48. The van der Waals surface area contributed by atoms with Crippen molar-refractivity contribution in [1.29, 1.82) is 5.26 Å². The number of halogens is 1. The van der Waals surface area contributed by atoms with Crippen molar-refractivity contribution in [3.05, 3.63) is 34.3 Å². The number of carbonyl (C=O) groups is 1. The summed E-state index contributed by atoms with van der Waals surface area (Å²) in [4.78, 5) is 10.4. The number of benzene rings is 1. The van der Waals surface area contributed by atoms with Crippen molar-refractivity contribution in [2.24, 2.45) is 0 Å². The number of nitrogens with zero attached hydrogens (tertiary/aromatic N) is 1. The van der Waals surface area contributed by atoms with Crippen molar-refractivity contribution >= 4 is 17.6 Å². The van der Waals surface area contributed by atoms with Gasteiger partial charge in [-0.1, -0.05) is 11.6 Å². The van der Waals surface area contributed by atoms with E-state index in [2.05, 4.69) is 0 Å². The molecular formula is C9H7ClLiNO3. The molecule has 0 radical (unpaired) electrons. The molecule has 0 bridgehead atoms. The van der Waals surface area contributed by atoms with E-state index in [1.54, 1.807) is 6.07 Å². The Bertz CT molecular complexity index is 389. The second-order valence-corrected chi connectivity index (χ2v) is 2.92. The summed E-state index contributed by atoms with van der Waals surface area (Å²) in [7, 11) is 0. The molecule has 0 aliphatic carbocycles. The third-order valence-electron chi connectivity index (χ3n) is 1.53. The predicted octanol–water partition coefficient (Wildman–Crippen LogP) is -1.33. The van der Waals surface area contributed by atoms with E-state index in [9.17, 15) is 4.79 Å². The number of hydrogen-bond acceptors (Lipinski definition) is 3. The zero-order valence-electron chi connectivity index (χ0n) is 8.07. The van der Waals surface area contributed by atoms with Gasteiger partial charge in [0.25, 0.3) is 0 Å². The van der Waals surface area contributed by atoms with Crippen LogP contribution in [0.1, 0.15) is 11.1 Å². The average molecular weight is 220 g/mol. The van der Waals surface area contributed by atoms with Crippen LogP contribution in [0, 0.1) is 11.3 Å². The van der Waals surface area contributed by atoms with Gasteiger partial charge in [-0.3, -0.25) is 4.79 Å². The van der Waals surface area contributed by atoms with Crippen LogP contribution < -0.4 is 18.9 Å². The Hall–Kier alpha value is -0.973. The van der Waals surface area contributed by atoms with Crippen molar-refractivity contribution in [3.63, 3.8) is 0 Å². The van der Waals surface area contributed by atoms with Gasteiger partial charge in [0, 0.05) is 5.02 Å². The molecule has 0 fully saturated rings. The van der Waals surface area contributed by atoms with E-state index in [1.807, 2.05) is 6.07 Å². The summed E-state index contributed by atoms with van der Waals surface area (Å²) >= 11 is 5.65. The minimum Gasteiger partial charge on any atom is -0.870 e. The molecule has 1 aromatic carbocycles. The first-order valence-electron chi connectivity index (χ1n) is 3.54. The van der Waals surface area contributed by atoms with Gasteiger partial charge in [0.05, 0.1) is 18.1 Å². The zero-order valence-corrected chi connectivity index (χ0v) is 8.82. The zero-order chi connectivity index (χ0) is 9.84. The van der Waals surface area contributed by atoms with Crippen LogP contribution in [0.15, 0.2) is 18.2 Å². The molecule has 0 saturated carbocycles. The first kappa shape index (κ1) is 16.5. The first-order chi connectivity index (χ1) is 6.13. The van der Waals surface area contributed by atoms with E-state index in [0.29, 0.717) is 16.1 Å².